The number of rotatable bonds is 6. The molecule has 0 bridgehead atoms. The summed E-state index contributed by atoms with van der Waals surface area (Å²) in [7, 11) is 1.63. The van der Waals surface area contributed by atoms with Crippen LogP contribution in [-0.2, 0) is 7.05 Å². The number of aromatic nitrogens is 2. The van der Waals surface area contributed by atoms with Crippen LogP contribution in [0.2, 0.25) is 0 Å². The molecule has 0 amide bonds. The highest BCUT2D eigenvalue weighted by atomic mass is 32.2. The number of nitrogens with zero attached hydrogens (tertiary/aromatic N) is 3. The zero-order chi connectivity index (χ0) is 20.4. The van der Waals surface area contributed by atoms with E-state index < -0.39 is 6.43 Å². The summed E-state index contributed by atoms with van der Waals surface area (Å²) in [4.78, 5) is 4.84. The van der Waals surface area contributed by atoms with Crippen molar-refractivity contribution in [3.05, 3.63) is 47.3 Å². The van der Waals surface area contributed by atoms with Crippen molar-refractivity contribution in [2.75, 3.05) is 12.4 Å². The van der Waals surface area contributed by atoms with Gasteiger partial charge in [0.15, 0.2) is 0 Å². The van der Waals surface area contributed by atoms with Crippen LogP contribution in [0.4, 0.5) is 14.5 Å². The summed E-state index contributed by atoms with van der Waals surface area (Å²) in [5.74, 6) is 2.61. The minimum atomic E-state index is -2.67. The van der Waals surface area contributed by atoms with Crippen molar-refractivity contribution in [3.8, 4) is 0 Å². The summed E-state index contributed by atoms with van der Waals surface area (Å²) in [6.07, 6.45) is 5.27. The third-order valence-corrected chi connectivity index (χ3v) is 7.24. The molecule has 4 nitrogen and oxygen atoms in total. The fraction of sp³-hybridized carbons (Fsp3) is 0.545. The number of hydrogen-bond donors (Lipinski definition) is 1. The third kappa shape index (κ3) is 4.40. The molecule has 2 aromatic rings. The van der Waals surface area contributed by atoms with Gasteiger partial charge in [0.05, 0.1) is 17.9 Å². The Morgan fingerprint density at radius 3 is 2.69 bits per heavy atom. The molecule has 0 aliphatic heterocycles. The van der Waals surface area contributed by atoms with E-state index >= 15 is 0 Å². The van der Waals surface area contributed by atoms with E-state index in [0.717, 1.165) is 17.5 Å². The third-order valence-electron chi connectivity index (χ3n) is 6.27. The Bertz CT molecular complexity index is 883. The van der Waals surface area contributed by atoms with Crippen molar-refractivity contribution >= 4 is 22.5 Å². The first-order chi connectivity index (χ1) is 14.1. The first kappa shape index (κ1) is 20.5. The molecule has 4 rings (SSSR count). The second-order valence-electron chi connectivity index (χ2n) is 8.06. The number of hydrogen-bond acceptors (Lipinski definition) is 4. The van der Waals surface area contributed by atoms with Crippen molar-refractivity contribution in [2.24, 2.45) is 23.9 Å². The minimum Gasteiger partial charge on any atom is -0.396 e. The fourth-order valence-electron chi connectivity index (χ4n) is 4.70. The van der Waals surface area contributed by atoms with Gasteiger partial charge >= 0.3 is 0 Å². The molecule has 1 aromatic heterocycles. The number of aliphatic hydroxyl groups excluding tert-OH is 1. The monoisotopic (exact) mass is 419 g/mol. The lowest BCUT2D eigenvalue weighted by Crippen LogP contribution is -2.32. The maximum atomic E-state index is 13.5. The van der Waals surface area contributed by atoms with Crippen LogP contribution in [0.5, 0.6) is 0 Å². The van der Waals surface area contributed by atoms with Gasteiger partial charge in [-0.05, 0) is 61.5 Å². The van der Waals surface area contributed by atoms with Crippen molar-refractivity contribution in [1.29, 1.82) is 0 Å². The Hall–Kier alpha value is -1.73. The Morgan fingerprint density at radius 2 is 2.00 bits per heavy atom. The van der Waals surface area contributed by atoms with Crippen LogP contribution in [0.1, 0.15) is 61.3 Å². The number of alkyl halides is 2. The lowest BCUT2D eigenvalue weighted by molar-refractivity contribution is 0.102. The van der Waals surface area contributed by atoms with Gasteiger partial charge in [0.1, 0.15) is 10.7 Å². The van der Waals surface area contributed by atoms with Crippen LogP contribution in [0.25, 0.3) is 0 Å². The van der Waals surface area contributed by atoms with E-state index in [4.69, 9.17) is 4.99 Å². The Morgan fingerprint density at radius 1 is 1.24 bits per heavy atom. The Balaban J connectivity index is 1.70. The molecule has 156 valence electrons. The largest absolute Gasteiger partial charge is 0.396 e. The van der Waals surface area contributed by atoms with E-state index in [-0.39, 0.29) is 12.3 Å². The molecule has 3 unspecified atom stereocenters. The van der Waals surface area contributed by atoms with Crippen molar-refractivity contribution in [3.63, 3.8) is 0 Å². The predicted octanol–water partition coefficient (Wildman–Crippen LogP) is 5.46. The molecule has 3 atom stereocenters. The number of aliphatic imine (C=N–C) groups is 1. The SMILES string of the molecule is Cn1cc(/C(=N\c2ccccc2C2CCC3CCC3C2)SCCO)c(C(F)F)n1. The number of aliphatic hydroxyl groups is 1. The molecule has 0 saturated heterocycles. The molecule has 0 spiro atoms. The molecule has 1 aromatic carbocycles. The maximum Gasteiger partial charge on any atom is 0.282 e. The number of aryl methyl sites for hydroxylation is 1. The highest BCUT2D eigenvalue weighted by Crippen LogP contribution is 2.51. The van der Waals surface area contributed by atoms with Gasteiger partial charge in [0.25, 0.3) is 6.43 Å². The van der Waals surface area contributed by atoms with Crippen LogP contribution in [-0.4, -0.2) is 32.3 Å². The predicted molar refractivity (Wildman–Crippen MR) is 113 cm³/mol. The van der Waals surface area contributed by atoms with Crippen LogP contribution in [0.15, 0.2) is 35.5 Å². The smallest absolute Gasteiger partial charge is 0.282 e. The fourth-order valence-corrected chi connectivity index (χ4v) is 5.46. The van der Waals surface area contributed by atoms with Crippen molar-refractivity contribution in [1.82, 2.24) is 9.78 Å². The van der Waals surface area contributed by atoms with Gasteiger partial charge in [0.2, 0.25) is 0 Å². The normalized spacial score (nSPS) is 24.4. The Labute approximate surface area is 174 Å². The van der Waals surface area contributed by atoms with Gasteiger partial charge in [-0.1, -0.05) is 18.2 Å². The van der Waals surface area contributed by atoms with Gasteiger partial charge < -0.3 is 5.11 Å². The lowest BCUT2D eigenvalue weighted by Gasteiger charge is -2.44. The van der Waals surface area contributed by atoms with Gasteiger partial charge in [-0.25, -0.2) is 13.8 Å². The van der Waals surface area contributed by atoms with E-state index in [1.807, 2.05) is 18.2 Å². The molecule has 1 heterocycles. The standard InChI is InChI=1S/C22H27F2N3OS/c1-27-13-18(20(26-27)21(23)24)22(29-11-10-28)25-19-5-3-2-4-17(19)16-9-7-14-6-8-15(14)12-16/h2-5,13-16,21,28H,6-12H2,1H3/b25-22+. The molecule has 2 aliphatic rings. The summed E-state index contributed by atoms with van der Waals surface area (Å²) in [5, 5.41) is 13.7. The molecular weight excluding hydrogens is 392 g/mol. The highest BCUT2D eigenvalue weighted by Gasteiger charge is 2.37. The average molecular weight is 420 g/mol. The minimum absolute atomic E-state index is 0.0404. The van der Waals surface area contributed by atoms with E-state index in [2.05, 4.69) is 11.2 Å². The summed E-state index contributed by atoms with van der Waals surface area (Å²) in [6.45, 7) is -0.0404. The van der Waals surface area contributed by atoms with Gasteiger partial charge in [-0.3, -0.25) is 4.68 Å². The summed E-state index contributed by atoms with van der Waals surface area (Å²) < 4.78 is 28.5. The van der Waals surface area contributed by atoms with E-state index in [9.17, 15) is 13.9 Å². The molecule has 0 radical (unpaired) electrons. The first-order valence-corrected chi connectivity index (χ1v) is 11.3. The number of halogens is 2. The number of benzene rings is 1. The molecule has 2 aliphatic carbocycles. The number of thioether (sulfide) groups is 1. The molecule has 7 heteroatoms. The zero-order valence-electron chi connectivity index (χ0n) is 16.6. The summed E-state index contributed by atoms with van der Waals surface area (Å²) in [6, 6.07) is 8.09. The molecule has 2 fully saturated rings. The Kier molecular flexibility index (Phi) is 6.35. The van der Waals surface area contributed by atoms with E-state index in [0.29, 0.717) is 22.3 Å². The molecule has 29 heavy (non-hydrogen) atoms. The first-order valence-electron chi connectivity index (χ1n) is 10.3. The molecule has 2 saturated carbocycles. The van der Waals surface area contributed by atoms with Gasteiger partial charge in [-0.2, -0.15) is 5.10 Å². The topological polar surface area (TPSA) is 50.4 Å². The van der Waals surface area contributed by atoms with Crippen molar-refractivity contribution in [2.45, 2.75) is 44.4 Å². The van der Waals surface area contributed by atoms with Crippen molar-refractivity contribution < 1.29 is 13.9 Å². The van der Waals surface area contributed by atoms with Crippen LogP contribution >= 0.6 is 11.8 Å². The second-order valence-corrected chi connectivity index (χ2v) is 9.14. The summed E-state index contributed by atoms with van der Waals surface area (Å²) >= 11 is 1.30. The molecule has 1 N–H and O–H groups in total. The quantitative estimate of drug-likeness (QED) is 0.500. The zero-order valence-corrected chi connectivity index (χ0v) is 17.4. The average Bonchev–Trinajstić information content (AvgIpc) is 3.08. The van der Waals surface area contributed by atoms with E-state index in [1.54, 1.807) is 13.2 Å². The number of para-hydroxylation sites is 1. The number of fused-ring (bicyclic) bond motifs is 1. The highest BCUT2D eigenvalue weighted by molar-refractivity contribution is 8.14. The maximum absolute atomic E-state index is 13.5. The summed E-state index contributed by atoms with van der Waals surface area (Å²) in [5.41, 5.74) is 2.14. The van der Waals surface area contributed by atoms with Crippen LogP contribution in [0.3, 0.4) is 0 Å². The second kappa shape index (κ2) is 8.96. The van der Waals surface area contributed by atoms with Gasteiger partial charge in [0, 0.05) is 19.0 Å². The van der Waals surface area contributed by atoms with Crippen LogP contribution < -0.4 is 0 Å². The molecular formula is C22H27F2N3OS. The van der Waals surface area contributed by atoms with E-state index in [1.165, 1.54) is 54.1 Å². The van der Waals surface area contributed by atoms with Gasteiger partial charge in [-0.15, -0.1) is 11.8 Å². The van der Waals surface area contributed by atoms with Crippen LogP contribution in [0, 0.1) is 11.8 Å². The lowest BCUT2D eigenvalue weighted by atomic mass is 9.61.